The number of aliphatic hydroxyl groups is 1. The summed E-state index contributed by atoms with van der Waals surface area (Å²) in [6, 6.07) is 1.88. The zero-order chi connectivity index (χ0) is 12.3. The second kappa shape index (κ2) is 5.47. The van der Waals surface area contributed by atoms with Gasteiger partial charge in [-0.1, -0.05) is 0 Å². The van der Waals surface area contributed by atoms with Crippen LogP contribution in [-0.4, -0.2) is 23.4 Å². The molecule has 1 aliphatic carbocycles. The lowest BCUT2D eigenvalue weighted by Gasteiger charge is -2.22. The molecule has 0 unspecified atom stereocenters. The standard InChI is InChI=1S/C13H19NO3/c1-17-7-6-14-12-5-3-2-4-10(12)8-11(9-15)13(14)16/h8,15H,2-7,9H2,1H3. The van der Waals surface area contributed by atoms with Crippen molar-refractivity contribution in [3.05, 3.63) is 33.2 Å². The van der Waals surface area contributed by atoms with Crippen LogP contribution < -0.4 is 5.56 Å². The molecular weight excluding hydrogens is 218 g/mol. The minimum atomic E-state index is -0.181. The summed E-state index contributed by atoms with van der Waals surface area (Å²) < 4.78 is 6.82. The fourth-order valence-corrected chi connectivity index (χ4v) is 2.48. The van der Waals surface area contributed by atoms with Crippen molar-refractivity contribution in [1.29, 1.82) is 0 Å². The number of aryl methyl sites for hydroxylation is 1. The minimum Gasteiger partial charge on any atom is -0.391 e. The molecule has 0 aromatic carbocycles. The Morgan fingerprint density at radius 3 is 2.88 bits per heavy atom. The van der Waals surface area contributed by atoms with Crippen LogP contribution in [0.5, 0.6) is 0 Å². The minimum absolute atomic E-state index is 0.0646. The Morgan fingerprint density at radius 1 is 1.41 bits per heavy atom. The molecule has 94 valence electrons. The SMILES string of the molecule is COCCn1c2c(cc(CO)c1=O)CCCC2. The first kappa shape index (κ1) is 12.3. The fraction of sp³-hybridized carbons (Fsp3) is 0.615. The van der Waals surface area contributed by atoms with Crippen LogP contribution in [0.3, 0.4) is 0 Å². The van der Waals surface area contributed by atoms with Gasteiger partial charge in [-0.3, -0.25) is 4.79 Å². The second-order valence-corrected chi connectivity index (χ2v) is 4.46. The molecule has 1 aliphatic rings. The molecule has 17 heavy (non-hydrogen) atoms. The third-order valence-electron chi connectivity index (χ3n) is 3.36. The van der Waals surface area contributed by atoms with Gasteiger partial charge in [0.05, 0.1) is 13.2 Å². The molecule has 0 spiro atoms. The third-order valence-corrected chi connectivity index (χ3v) is 3.36. The van der Waals surface area contributed by atoms with E-state index in [0.29, 0.717) is 18.7 Å². The summed E-state index contributed by atoms with van der Waals surface area (Å²) in [7, 11) is 1.63. The summed E-state index contributed by atoms with van der Waals surface area (Å²) >= 11 is 0. The van der Waals surface area contributed by atoms with Gasteiger partial charge in [-0.15, -0.1) is 0 Å². The first-order valence-corrected chi connectivity index (χ1v) is 6.12. The highest BCUT2D eigenvalue weighted by atomic mass is 16.5. The zero-order valence-electron chi connectivity index (χ0n) is 10.2. The summed E-state index contributed by atoms with van der Waals surface area (Å²) in [5, 5.41) is 9.23. The molecule has 0 saturated heterocycles. The van der Waals surface area contributed by atoms with Gasteiger partial charge in [0.15, 0.2) is 0 Å². The van der Waals surface area contributed by atoms with E-state index in [1.165, 1.54) is 12.0 Å². The van der Waals surface area contributed by atoms with E-state index < -0.39 is 0 Å². The molecule has 1 heterocycles. The van der Waals surface area contributed by atoms with Crippen LogP contribution in [-0.2, 0) is 30.7 Å². The van der Waals surface area contributed by atoms with Crippen LogP contribution in [0.4, 0.5) is 0 Å². The topological polar surface area (TPSA) is 51.5 Å². The van der Waals surface area contributed by atoms with Crippen LogP contribution in [0, 0.1) is 0 Å². The normalized spacial score (nSPS) is 14.7. The molecule has 2 rings (SSSR count). The van der Waals surface area contributed by atoms with Crippen molar-refractivity contribution in [3.8, 4) is 0 Å². The molecule has 0 atom stereocenters. The fourth-order valence-electron chi connectivity index (χ4n) is 2.48. The van der Waals surface area contributed by atoms with Crippen LogP contribution in [0.25, 0.3) is 0 Å². The molecule has 1 aromatic rings. The average molecular weight is 237 g/mol. The van der Waals surface area contributed by atoms with Gasteiger partial charge in [-0.2, -0.15) is 0 Å². The molecule has 0 fully saturated rings. The van der Waals surface area contributed by atoms with Gasteiger partial charge in [0.2, 0.25) is 0 Å². The van der Waals surface area contributed by atoms with E-state index in [-0.39, 0.29) is 12.2 Å². The molecule has 4 heteroatoms. The van der Waals surface area contributed by atoms with Gasteiger partial charge in [-0.25, -0.2) is 0 Å². The number of rotatable bonds is 4. The summed E-state index contributed by atoms with van der Waals surface area (Å²) in [4.78, 5) is 12.1. The van der Waals surface area contributed by atoms with Crippen molar-refractivity contribution in [2.75, 3.05) is 13.7 Å². The number of fused-ring (bicyclic) bond motifs is 1. The van der Waals surface area contributed by atoms with E-state index in [0.717, 1.165) is 25.0 Å². The lowest BCUT2D eigenvalue weighted by molar-refractivity contribution is 0.184. The van der Waals surface area contributed by atoms with Gasteiger partial charge in [0, 0.05) is 24.9 Å². The van der Waals surface area contributed by atoms with Crippen molar-refractivity contribution >= 4 is 0 Å². The molecule has 0 amide bonds. The Hall–Kier alpha value is -1.13. The van der Waals surface area contributed by atoms with Gasteiger partial charge >= 0.3 is 0 Å². The maximum atomic E-state index is 12.1. The Kier molecular flexibility index (Phi) is 3.97. The van der Waals surface area contributed by atoms with Crippen molar-refractivity contribution < 1.29 is 9.84 Å². The predicted molar refractivity (Wildman–Crippen MR) is 65.1 cm³/mol. The average Bonchev–Trinajstić information content (AvgIpc) is 2.37. The highest BCUT2D eigenvalue weighted by Gasteiger charge is 2.16. The van der Waals surface area contributed by atoms with Crippen LogP contribution in [0.1, 0.15) is 29.7 Å². The number of methoxy groups -OCH3 is 1. The number of pyridine rings is 1. The lowest BCUT2D eigenvalue weighted by atomic mass is 9.94. The quantitative estimate of drug-likeness (QED) is 0.845. The largest absolute Gasteiger partial charge is 0.391 e. The monoisotopic (exact) mass is 237 g/mol. The molecule has 1 N–H and O–H groups in total. The maximum absolute atomic E-state index is 12.1. The van der Waals surface area contributed by atoms with E-state index >= 15 is 0 Å². The van der Waals surface area contributed by atoms with Gasteiger partial charge in [-0.05, 0) is 37.3 Å². The van der Waals surface area contributed by atoms with E-state index in [4.69, 9.17) is 4.74 Å². The molecule has 0 bridgehead atoms. The van der Waals surface area contributed by atoms with Crippen molar-refractivity contribution in [3.63, 3.8) is 0 Å². The van der Waals surface area contributed by atoms with Crippen LogP contribution >= 0.6 is 0 Å². The number of aliphatic hydroxyl groups excluding tert-OH is 1. The molecular formula is C13H19NO3. The number of hydrogen-bond acceptors (Lipinski definition) is 3. The summed E-state index contributed by atoms with van der Waals surface area (Å²) in [6.45, 7) is 0.922. The molecule has 1 aromatic heterocycles. The first-order chi connectivity index (χ1) is 8.27. The molecule has 0 aliphatic heterocycles. The second-order valence-electron chi connectivity index (χ2n) is 4.46. The Balaban J connectivity index is 2.48. The predicted octanol–water partition coefficient (Wildman–Crippen LogP) is 0.866. The number of aromatic nitrogens is 1. The van der Waals surface area contributed by atoms with Crippen molar-refractivity contribution in [2.45, 2.75) is 38.8 Å². The first-order valence-electron chi connectivity index (χ1n) is 6.12. The van der Waals surface area contributed by atoms with Gasteiger partial charge in [0.25, 0.3) is 5.56 Å². The number of nitrogens with zero attached hydrogens (tertiary/aromatic N) is 1. The Morgan fingerprint density at radius 2 is 2.18 bits per heavy atom. The van der Waals surface area contributed by atoms with Crippen molar-refractivity contribution in [2.24, 2.45) is 0 Å². The van der Waals surface area contributed by atoms with E-state index in [1.54, 1.807) is 11.7 Å². The molecule has 4 nitrogen and oxygen atoms in total. The summed E-state index contributed by atoms with van der Waals surface area (Å²) in [6.07, 6.45) is 4.27. The number of hydrogen-bond donors (Lipinski definition) is 1. The van der Waals surface area contributed by atoms with E-state index in [9.17, 15) is 9.90 Å². The van der Waals surface area contributed by atoms with E-state index in [2.05, 4.69) is 0 Å². The Bertz CT molecular complexity index is 451. The zero-order valence-corrected chi connectivity index (χ0v) is 10.2. The third kappa shape index (κ3) is 2.42. The van der Waals surface area contributed by atoms with Crippen LogP contribution in [0.15, 0.2) is 10.9 Å². The van der Waals surface area contributed by atoms with Gasteiger partial charge in [0.1, 0.15) is 0 Å². The van der Waals surface area contributed by atoms with Crippen LogP contribution in [0.2, 0.25) is 0 Å². The summed E-state index contributed by atoms with van der Waals surface area (Å²) in [5.41, 5.74) is 2.79. The number of ether oxygens (including phenoxy) is 1. The van der Waals surface area contributed by atoms with Crippen molar-refractivity contribution in [1.82, 2.24) is 4.57 Å². The lowest BCUT2D eigenvalue weighted by Crippen LogP contribution is -2.31. The van der Waals surface area contributed by atoms with E-state index in [1.807, 2.05) is 6.07 Å². The smallest absolute Gasteiger partial charge is 0.256 e. The molecule has 0 saturated carbocycles. The Labute approximate surface area is 101 Å². The maximum Gasteiger partial charge on any atom is 0.256 e. The molecule has 0 radical (unpaired) electrons. The van der Waals surface area contributed by atoms with Gasteiger partial charge < -0.3 is 14.4 Å². The highest BCUT2D eigenvalue weighted by Crippen LogP contribution is 2.20. The summed E-state index contributed by atoms with van der Waals surface area (Å²) in [5.74, 6) is 0. The highest BCUT2D eigenvalue weighted by molar-refractivity contribution is 5.28.